The molecule has 30 heavy (non-hydrogen) atoms. The van der Waals surface area contributed by atoms with Gasteiger partial charge in [-0.05, 0) is 42.0 Å². The molecule has 1 saturated heterocycles. The van der Waals surface area contributed by atoms with Crippen LogP contribution in [-0.2, 0) is 16.6 Å². The first-order valence-corrected chi connectivity index (χ1v) is 10.9. The van der Waals surface area contributed by atoms with E-state index in [0.717, 1.165) is 0 Å². The molecule has 3 rings (SSSR count). The molecular formula is C19H20ClF2N3O4S. The smallest absolute Gasteiger partial charge is 0.387 e. The number of piperazine rings is 1. The van der Waals surface area contributed by atoms with Crippen LogP contribution in [0.25, 0.3) is 0 Å². The van der Waals surface area contributed by atoms with Gasteiger partial charge in [-0.25, -0.2) is 13.2 Å². The van der Waals surface area contributed by atoms with Crippen LogP contribution < -0.4 is 10.1 Å². The van der Waals surface area contributed by atoms with E-state index in [1.165, 1.54) is 45.6 Å². The minimum absolute atomic E-state index is 0.0118. The Balaban J connectivity index is 1.52. The number of carbonyl (C=O) groups is 1. The molecule has 0 saturated carbocycles. The monoisotopic (exact) mass is 459 g/mol. The predicted molar refractivity (Wildman–Crippen MR) is 107 cm³/mol. The zero-order valence-electron chi connectivity index (χ0n) is 15.8. The van der Waals surface area contributed by atoms with Gasteiger partial charge in [0.1, 0.15) is 5.75 Å². The van der Waals surface area contributed by atoms with Gasteiger partial charge in [-0.2, -0.15) is 13.1 Å². The van der Waals surface area contributed by atoms with E-state index in [1.54, 1.807) is 12.1 Å². The van der Waals surface area contributed by atoms with Crippen LogP contribution in [-0.4, -0.2) is 56.4 Å². The highest BCUT2D eigenvalue weighted by Gasteiger charge is 2.30. The van der Waals surface area contributed by atoms with Crippen molar-refractivity contribution in [3.8, 4) is 5.75 Å². The molecule has 2 aromatic rings. The minimum atomic E-state index is -3.66. The van der Waals surface area contributed by atoms with Gasteiger partial charge in [0.05, 0.1) is 4.90 Å². The molecule has 0 aromatic heterocycles. The third kappa shape index (κ3) is 5.59. The highest BCUT2D eigenvalue weighted by Crippen LogP contribution is 2.20. The van der Waals surface area contributed by atoms with Crippen molar-refractivity contribution in [2.75, 3.05) is 26.2 Å². The van der Waals surface area contributed by atoms with Crippen molar-refractivity contribution in [1.29, 1.82) is 0 Å². The molecular weight excluding hydrogens is 440 g/mol. The van der Waals surface area contributed by atoms with Crippen molar-refractivity contribution in [1.82, 2.24) is 14.5 Å². The lowest BCUT2D eigenvalue weighted by atomic mass is 10.2. The Bertz CT molecular complexity index is 982. The first kappa shape index (κ1) is 22.3. The molecule has 0 radical (unpaired) electrons. The molecule has 0 unspecified atom stereocenters. The average molecular weight is 460 g/mol. The quantitative estimate of drug-likeness (QED) is 0.719. The Morgan fingerprint density at radius 2 is 1.77 bits per heavy atom. The average Bonchev–Trinajstić information content (AvgIpc) is 2.72. The van der Waals surface area contributed by atoms with Crippen LogP contribution in [0.15, 0.2) is 53.4 Å². The molecule has 1 N–H and O–H groups in total. The van der Waals surface area contributed by atoms with Gasteiger partial charge in [0, 0.05) is 37.7 Å². The summed E-state index contributed by atoms with van der Waals surface area (Å²) >= 11 is 5.81. The highest BCUT2D eigenvalue weighted by atomic mass is 35.5. The molecule has 2 amide bonds. The Morgan fingerprint density at radius 1 is 1.10 bits per heavy atom. The van der Waals surface area contributed by atoms with Gasteiger partial charge < -0.3 is 15.0 Å². The largest absolute Gasteiger partial charge is 0.435 e. The first-order chi connectivity index (χ1) is 14.3. The van der Waals surface area contributed by atoms with Crippen molar-refractivity contribution in [2.24, 2.45) is 0 Å². The van der Waals surface area contributed by atoms with Crippen molar-refractivity contribution in [3.63, 3.8) is 0 Å². The van der Waals surface area contributed by atoms with Gasteiger partial charge >= 0.3 is 12.6 Å². The third-order valence-electron chi connectivity index (χ3n) is 4.54. The van der Waals surface area contributed by atoms with Crippen LogP contribution in [0.3, 0.4) is 0 Å². The minimum Gasteiger partial charge on any atom is -0.435 e. The number of nitrogens with zero attached hydrogens (tertiary/aromatic N) is 2. The molecule has 0 atom stereocenters. The number of ether oxygens (including phenoxy) is 1. The molecule has 7 nitrogen and oxygen atoms in total. The number of rotatable bonds is 6. The summed E-state index contributed by atoms with van der Waals surface area (Å²) in [6, 6.07) is 11.6. The standard InChI is InChI=1S/C19H20ClF2N3O4S/c20-15-4-6-17(7-5-15)30(27,28)25-10-8-24(9-11-25)19(26)23-13-14-2-1-3-16(12-14)29-18(21)22/h1-7,12,18H,8-11,13H2,(H,23,26). The summed E-state index contributed by atoms with van der Waals surface area (Å²) in [5, 5.41) is 3.15. The second-order valence-corrected chi connectivity index (χ2v) is 8.90. The lowest BCUT2D eigenvalue weighted by molar-refractivity contribution is -0.0498. The predicted octanol–water partition coefficient (Wildman–Crippen LogP) is 3.16. The van der Waals surface area contributed by atoms with Crippen molar-refractivity contribution in [2.45, 2.75) is 18.1 Å². The molecule has 1 heterocycles. The number of benzene rings is 2. The van der Waals surface area contributed by atoms with E-state index in [9.17, 15) is 22.0 Å². The number of hydrogen-bond donors (Lipinski definition) is 1. The molecule has 2 aromatic carbocycles. The van der Waals surface area contributed by atoms with E-state index in [0.29, 0.717) is 10.6 Å². The molecule has 1 fully saturated rings. The maximum absolute atomic E-state index is 12.7. The van der Waals surface area contributed by atoms with Crippen LogP contribution in [0.2, 0.25) is 5.02 Å². The van der Waals surface area contributed by atoms with Crippen LogP contribution in [0.1, 0.15) is 5.56 Å². The summed E-state index contributed by atoms with van der Waals surface area (Å²) in [6.07, 6.45) is 0. The second-order valence-electron chi connectivity index (χ2n) is 6.53. The van der Waals surface area contributed by atoms with Gasteiger partial charge in [-0.15, -0.1) is 0 Å². The van der Waals surface area contributed by atoms with Crippen molar-refractivity contribution >= 4 is 27.7 Å². The van der Waals surface area contributed by atoms with E-state index in [2.05, 4.69) is 10.1 Å². The number of alkyl halides is 2. The highest BCUT2D eigenvalue weighted by molar-refractivity contribution is 7.89. The van der Waals surface area contributed by atoms with E-state index < -0.39 is 16.6 Å². The summed E-state index contributed by atoms with van der Waals surface area (Å²) in [5.74, 6) is 0.0118. The third-order valence-corrected chi connectivity index (χ3v) is 6.71. The number of nitrogens with one attached hydrogen (secondary N) is 1. The fraction of sp³-hybridized carbons (Fsp3) is 0.316. The van der Waals surface area contributed by atoms with E-state index in [4.69, 9.17) is 11.6 Å². The van der Waals surface area contributed by atoms with Gasteiger partial charge in [0.2, 0.25) is 10.0 Å². The summed E-state index contributed by atoms with van der Waals surface area (Å²) in [5.41, 5.74) is 0.602. The fourth-order valence-electron chi connectivity index (χ4n) is 3.01. The van der Waals surface area contributed by atoms with Gasteiger partial charge in [0.15, 0.2) is 0 Å². The number of sulfonamides is 1. The van der Waals surface area contributed by atoms with E-state index in [-0.39, 0.29) is 49.4 Å². The maximum Gasteiger partial charge on any atom is 0.387 e. The SMILES string of the molecule is O=C(NCc1cccc(OC(F)F)c1)N1CCN(S(=O)(=O)c2ccc(Cl)cc2)CC1. The fourth-order valence-corrected chi connectivity index (χ4v) is 4.56. The normalized spacial score (nSPS) is 15.3. The summed E-state index contributed by atoms with van der Waals surface area (Å²) in [6.45, 7) is -2.01. The van der Waals surface area contributed by atoms with E-state index >= 15 is 0 Å². The number of urea groups is 1. The Hall–Kier alpha value is -2.43. The molecule has 162 valence electrons. The first-order valence-electron chi connectivity index (χ1n) is 9.08. The summed E-state index contributed by atoms with van der Waals surface area (Å²) in [7, 11) is -3.66. The summed E-state index contributed by atoms with van der Waals surface area (Å²) < 4.78 is 55.6. The maximum atomic E-state index is 12.7. The second kappa shape index (κ2) is 9.59. The molecule has 0 aliphatic carbocycles. The van der Waals surface area contributed by atoms with Gasteiger partial charge in [-0.3, -0.25) is 0 Å². The zero-order chi connectivity index (χ0) is 21.7. The zero-order valence-corrected chi connectivity index (χ0v) is 17.4. The van der Waals surface area contributed by atoms with Crippen LogP contribution in [0.5, 0.6) is 5.75 Å². The molecule has 1 aliphatic heterocycles. The van der Waals surface area contributed by atoms with Gasteiger partial charge in [-0.1, -0.05) is 23.7 Å². The molecule has 0 spiro atoms. The van der Waals surface area contributed by atoms with Crippen LogP contribution >= 0.6 is 11.6 Å². The van der Waals surface area contributed by atoms with Crippen LogP contribution in [0.4, 0.5) is 13.6 Å². The Kier molecular flexibility index (Phi) is 7.11. The lowest BCUT2D eigenvalue weighted by Crippen LogP contribution is -2.52. The van der Waals surface area contributed by atoms with E-state index in [1.807, 2.05) is 0 Å². The summed E-state index contributed by atoms with van der Waals surface area (Å²) in [4.78, 5) is 14.0. The number of halogens is 3. The molecule has 1 aliphatic rings. The number of amides is 2. The topological polar surface area (TPSA) is 79.0 Å². The Labute approximate surface area is 178 Å². The van der Waals surface area contributed by atoms with Crippen molar-refractivity contribution < 1.29 is 26.7 Å². The van der Waals surface area contributed by atoms with Crippen molar-refractivity contribution in [3.05, 3.63) is 59.1 Å². The molecule has 11 heteroatoms. The lowest BCUT2D eigenvalue weighted by Gasteiger charge is -2.34. The molecule has 0 bridgehead atoms. The van der Waals surface area contributed by atoms with Crippen LogP contribution in [0, 0.1) is 0 Å². The van der Waals surface area contributed by atoms with Gasteiger partial charge in [0.25, 0.3) is 0 Å². The Morgan fingerprint density at radius 3 is 2.40 bits per heavy atom. The number of hydrogen-bond acceptors (Lipinski definition) is 4. The number of carbonyl (C=O) groups excluding carboxylic acids is 1.